The number of benzene rings is 3. The molecule has 0 saturated carbocycles. The SMILES string of the molecule is Cc1cccc(S(=O)(=O)Nc2ccc3c(c2)N(C(=O)c2ccccc2)CCC3)c1. The largest absolute Gasteiger partial charge is 0.308 e. The van der Waals surface area contributed by atoms with E-state index in [1.165, 1.54) is 0 Å². The van der Waals surface area contributed by atoms with Crippen LogP contribution >= 0.6 is 0 Å². The van der Waals surface area contributed by atoms with Crippen molar-refractivity contribution in [1.82, 2.24) is 0 Å². The van der Waals surface area contributed by atoms with E-state index >= 15 is 0 Å². The minimum Gasteiger partial charge on any atom is -0.308 e. The highest BCUT2D eigenvalue weighted by Gasteiger charge is 2.24. The summed E-state index contributed by atoms with van der Waals surface area (Å²) in [4.78, 5) is 15.0. The quantitative estimate of drug-likeness (QED) is 0.699. The molecule has 3 aromatic rings. The summed E-state index contributed by atoms with van der Waals surface area (Å²) in [7, 11) is -3.71. The molecule has 5 nitrogen and oxygen atoms in total. The lowest BCUT2D eigenvalue weighted by atomic mass is 10.00. The topological polar surface area (TPSA) is 66.5 Å². The monoisotopic (exact) mass is 406 g/mol. The van der Waals surface area contributed by atoms with Crippen LogP contribution in [0.25, 0.3) is 0 Å². The van der Waals surface area contributed by atoms with E-state index in [2.05, 4.69) is 4.72 Å². The van der Waals surface area contributed by atoms with Gasteiger partial charge in [0.2, 0.25) is 0 Å². The second kappa shape index (κ2) is 7.72. The van der Waals surface area contributed by atoms with Crippen LogP contribution < -0.4 is 9.62 Å². The molecule has 148 valence electrons. The smallest absolute Gasteiger partial charge is 0.261 e. The van der Waals surface area contributed by atoms with Gasteiger partial charge in [-0.05, 0) is 67.3 Å². The first-order valence-electron chi connectivity index (χ1n) is 9.53. The molecule has 1 N–H and O–H groups in total. The molecule has 4 rings (SSSR count). The molecule has 29 heavy (non-hydrogen) atoms. The van der Waals surface area contributed by atoms with Gasteiger partial charge in [0, 0.05) is 17.8 Å². The lowest BCUT2D eigenvalue weighted by Gasteiger charge is -2.30. The standard InChI is InChI=1S/C23H22N2O3S/c1-17-7-5-11-21(15-17)29(27,28)24-20-13-12-18-10-6-14-25(22(18)16-20)23(26)19-8-3-2-4-9-19/h2-5,7-9,11-13,15-16,24H,6,10,14H2,1H3. The van der Waals surface area contributed by atoms with Crippen LogP contribution in [-0.4, -0.2) is 20.9 Å². The second-order valence-corrected chi connectivity index (χ2v) is 8.87. The Morgan fingerprint density at radius 1 is 0.966 bits per heavy atom. The molecule has 3 aromatic carbocycles. The summed E-state index contributed by atoms with van der Waals surface area (Å²) < 4.78 is 28.2. The molecule has 0 aromatic heterocycles. The molecule has 1 aliphatic heterocycles. The van der Waals surface area contributed by atoms with Crippen molar-refractivity contribution in [2.24, 2.45) is 0 Å². The maximum atomic E-state index is 13.0. The van der Waals surface area contributed by atoms with Gasteiger partial charge in [0.15, 0.2) is 0 Å². The molecule has 1 amide bonds. The van der Waals surface area contributed by atoms with Crippen LogP contribution in [-0.2, 0) is 16.4 Å². The molecule has 0 radical (unpaired) electrons. The zero-order chi connectivity index (χ0) is 20.4. The second-order valence-electron chi connectivity index (χ2n) is 7.19. The Kier molecular flexibility index (Phi) is 5.11. The number of fused-ring (bicyclic) bond motifs is 1. The van der Waals surface area contributed by atoms with Crippen molar-refractivity contribution in [2.45, 2.75) is 24.7 Å². The van der Waals surface area contributed by atoms with E-state index in [1.54, 1.807) is 47.4 Å². The van der Waals surface area contributed by atoms with Gasteiger partial charge in [-0.3, -0.25) is 9.52 Å². The summed E-state index contributed by atoms with van der Waals surface area (Å²) in [5.74, 6) is -0.0785. The van der Waals surface area contributed by atoms with E-state index in [1.807, 2.05) is 37.3 Å². The normalized spacial score (nSPS) is 13.6. The van der Waals surface area contributed by atoms with Crippen LogP contribution in [0.2, 0.25) is 0 Å². The summed E-state index contributed by atoms with van der Waals surface area (Å²) in [6.45, 7) is 2.46. The van der Waals surface area contributed by atoms with Crippen LogP contribution in [0, 0.1) is 6.92 Å². The Morgan fingerprint density at radius 2 is 1.76 bits per heavy atom. The van der Waals surface area contributed by atoms with Crippen LogP contribution in [0.15, 0.2) is 77.7 Å². The first kappa shape index (κ1) is 19.2. The Bertz CT molecular complexity index is 1160. The van der Waals surface area contributed by atoms with Crippen molar-refractivity contribution in [3.05, 3.63) is 89.5 Å². The lowest BCUT2D eigenvalue weighted by molar-refractivity contribution is 0.0985. The maximum absolute atomic E-state index is 13.0. The highest BCUT2D eigenvalue weighted by atomic mass is 32.2. The fraction of sp³-hybridized carbons (Fsp3) is 0.174. The van der Waals surface area contributed by atoms with E-state index in [4.69, 9.17) is 0 Å². The summed E-state index contributed by atoms with van der Waals surface area (Å²) in [5.41, 5.74) is 3.73. The molecule has 0 atom stereocenters. The van der Waals surface area contributed by atoms with Crippen molar-refractivity contribution in [2.75, 3.05) is 16.2 Å². The molecule has 1 aliphatic rings. The third kappa shape index (κ3) is 4.03. The van der Waals surface area contributed by atoms with E-state index in [9.17, 15) is 13.2 Å². The van der Waals surface area contributed by atoms with Gasteiger partial charge in [-0.1, -0.05) is 36.4 Å². The fourth-order valence-corrected chi connectivity index (χ4v) is 4.74. The number of sulfonamides is 1. The number of hydrogen-bond acceptors (Lipinski definition) is 3. The first-order valence-corrected chi connectivity index (χ1v) is 11.0. The number of nitrogens with one attached hydrogen (secondary N) is 1. The first-order chi connectivity index (χ1) is 13.9. The predicted octanol–water partition coefficient (Wildman–Crippen LogP) is 4.39. The van der Waals surface area contributed by atoms with Gasteiger partial charge in [-0.15, -0.1) is 0 Å². The molecule has 0 bridgehead atoms. The van der Waals surface area contributed by atoms with Gasteiger partial charge in [0.05, 0.1) is 10.6 Å². The molecular weight excluding hydrogens is 384 g/mol. The van der Waals surface area contributed by atoms with Crippen molar-refractivity contribution in [1.29, 1.82) is 0 Å². The molecule has 0 aliphatic carbocycles. The van der Waals surface area contributed by atoms with E-state index in [0.29, 0.717) is 17.8 Å². The Morgan fingerprint density at radius 3 is 2.52 bits per heavy atom. The fourth-order valence-electron chi connectivity index (χ4n) is 3.58. The summed E-state index contributed by atoms with van der Waals surface area (Å²) in [6.07, 6.45) is 1.73. The van der Waals surface area contributed by atoms with Crippen LogP contribution in [0.1, 0.15) is 27.9 Å². The molecule has 0 saturated heterocycles. The van der Waals surface area contributed by atoms with Crippen LogP contribution in [0.5, 0.6) is 0 Å². The number of nitrogens with zero attached hydrogens (tertiary/aromatic N) is 1. The molecule has 6 heteroatoms. The molecular formula is C23H22N2O3S. The number of rotatable bonds is 4. The minimum atomic E-state index is -3.71. The van der Waals surface area contributed by atoms with Gasteiger partial charge in [0.25, 0.3) is 15.9 Å². The van der Waals surface area contributed by atoms with E-state index in [0.717, 1.165) is 29.7 Å². The van der Waals surface area contributed by atoms with Crippen LogP contribution in [0.3, 0.4) is 0 Å². The summed E-state index contributed by atoms with van der Waals surface area (Å²) in [6, 6.07) is 21.3. The number of carbonyl (C=O) groups is 1. The number of carbonyl (C=O) groups excluding carboxylic acids is 1. The number of aryl methyl sites for hydroxylation is 2. The molecule has 0 spiro atoms. The Balaban J connectivity index is 1.66. The van der Waals surface area contributed by atoms with Gasteiger partial charge in [0.1, 0.15) is 0 Å². The van der Waals surface area contributed by atoms with Crippen LogP contribution in [0.4, 0.5) is 11.4 Å². The Hall–Kier alpha value is -3.12. The third-order valence-corrected chi connectivity index (χ3v) is 6.40. The lowest BCUT2D eigenvalue weighted by Crippen LogP contribution is -2.35. The summed E-state index contributed by atoms with van der Waals surface area (Å²) in [5, 5.41) is 0. The zero-order valence-corrected chi connectivity index (χ0v) is 16.9. The predicted molar refractivity (Wildman–Crippen MR) is 115 cm³/mol. The van der Waals surface area contributed by atoms with Gasteiger partial charge in [-0.2, -0.15) is 0 Å². The minimum absolute atomic E-state index is 0.0785. The average molecular weight is 407 g/mol. The van der Waals surface area contributed by atoms with Crippen molar-refractivity contribution in [3.63, 3.8) is 0 Å². The van der Waals surface area contributed by atoms with Gasteiger partial charge < -0.3 is 4.90 Å². The van der Waals surface area contributed by atoms with Crippen molar-refractivity contribution >= 4 is 27.3 Å². The summed E-state index contributed by atoms with van der Waals surface area (Å²) >= 11 is 0. The third-order valence-electron chi connectivity index (χ3n) is 5.02. The number of amides is 1. The molecule has 0 unspecified atom stereocenters. The van der Waals surface area contributed by atoms with E-state index in [-0.39, 0.29) is 10.8 Å². The average Bonchev–Trinajstić information content (AvgIpc) is 2.73. The Labute approximate surface area is 171 Å². The molecule has 1 heterocycles. The highest BCUT2D eigenvalue weighted by Crippen LogP contribution is 2.32. The van der Waals surface area contributed by atoms with Gasteiger partial charge in [-0.25, -0.2) is 8.42 Å². The molecule has 0 fully saturated rings. The number of anilines is 2. The highest BCUT2D eigenvalue weighted by molar-refractivity contribution is 7.92. The zero-order valence-electron chi connectivity index (χ0n) is 16.1. The van der Waals surface area contributed by atoms with E-state index < -0.39 is 10.0 Å². The number of hydrogen-bond donors (Lipinski definition) is 1. The van der Waals surface area contributed by atoms with Crippen molar-refractivity contribution < 1.29 is 13.2 Å². The van der Waals surface area contributed by atoms with Crippen molar-refractivity contribution in [3.8, 4) is 0 Å². The van der Waals surface area contributed by atoms with Gasteiger partial charge >= 0.3 is 0 Å². The maximum Gasteiger partial charge on any atom is 0.261 e.